The van der Waals surface area contributed by atoms with Gasteiger partial charge in [0.2, 0.25) is 0 Å². The van der Waals surface area contributed by atoms with E-state index in [9.17, 15) is 30.7 Å². The molecule has 0 N–H and O–H groups in total. The Labute approximate surface area is 192 Å². The number of nitrogens with zero attached hydrogens (tertiary/aromatic N) is 2. The van der Waals surface area contributed by atoms with E-state index in [0.29, 0.717) is 10.9 Å². The topological polar surface area (TPSA) is 15.6 Å². The fourth-order valence-corrected chi connectivity index (χ4v) is 4.99. The van der Waals surface area contributed by atoms with Gasteiger partial charge in [0, 0.05) is 27.1 Å². The van der Waals surface area contributed by atoms with Crippen molar-refractivity contribution in [3.8, 4) is 10.4 Å². The third-order valence-corrected chi connectivity index (χ3v) is 7.06. The molecule has 33 heavy (non-hydrogen) atoms. The molecule has 0 bridgehead atoms. The molecule has 0 saturated carbocycles. The van der Waals surface area contributed by atoms with E-state index in [-0.39, 0.29) is 0 Å². The molecule has 3 aromatic rings. The van der Waals surface area contributed by atoms with Crippen LogP contribution in [0, 0.1) is 11.6 Å². The number of hydrogen-bond acceptors (Lipinski definition) is 4. The van der Waals surface area contributed by atoms with Gasteiger partial charge in [0.05, 0.1) is 11.7 Å². The van der Waals surface area contributed by atoms with Crippen LogP contribution in [0.3, 0.4) is 0 Å². The Hall–Kier alpha value is -2.53. The van der Waals surface area contributed by atoms with E-state index >= 15 is 0 Å². The lowest BCUT2D eigenvalue weighted by atomic mass is 10.0. The second-order valence-corrected chi connectivity index (χ2v) is 9.21. The number of benzene rings is 2. The molecule has 174 valence electrons. The predicted molar refractivity (Wildman–Crippen MR) is 116 cm³/mol. The minimum absolute atomic E-state index is 0.395. The maximum Gasteiger partial charge on any atom is 0.459 e. The highest BCUT2D eigenvalue weighted by atomic mass is 32.2. The summed E-state index contributed by atoms with van der Waals surface area (Å²) in [6, 6.07) is 12.1. The first-order valence-electron chi connectivity index (χ1n) is 9.52. The minimum atomic E-state index is -5.85. The minimum Gasteiger partial charge on any atom is -0.254 e. The summed E-state index contributed by atoms with van der Waals surface area (Å²) in [7, 11) is 0. The number of halogens is 7. The van der Waals surface area contributed by atoms with Crippen LogP contribution in [-0.2, 0) is 0 Å². The fourth-order valence-electron chi connectivity index (χ4n) is 3.44. The first kappa shape index (κ1) is 23.6. The van der Waals surface area contributed by atoms with Crippen molar-refractivity contribution in [1.82, 2.24) is 0 Å². The van der Waals surface area contributed by atoms with Crippen LogP contribution in [0.15, 0.2) is 64.6 Å². The normalized spacial score (nSPS) is 16.9. The lowest BCUT2D eigenvalue weighted by Crippen LogP contribution is -2.43. The molecule has 0 saturated heterocycles. The number of hydrazone groups is 1. The van der Waals surface area contributed by atoms with Gasteiger partial charge in [-0.1, -0.05) is 12.1 Å². The molecule has 1 aliphatic rings. The Morgan fingerprint density at radius 3 is 2.42 bits per heavy atom. The van der Waals surface area contributed by atoms with Gasteiger partial charge in [-0.25, -0.2) is 8.78 Å². The Morgan fingerprint density at radius 2 is 1.76 bits per heavy atom. The summed E-state index contributed by atoms with van der Waals surface area (Å²) >= 11 is 2.71. The van der Waals surface area contributed by atoms with Gasteiger partial charge >= 0.3 is 12.1 Å². The number of rotatable bonds is 5. The van der Waals surface area contributed by atoms with Crippen LogP contribution in [0.25, 0.3) is 10.4 Å². The molecule has 1 atom stereocenters. The Balaban J connectivity index is 1.75. The summed E-state index contributed by atoms with van der Waals surface area (Å²) in [6.07, 6.45) is -4.72. The summed E-state index contributed by atoms with van der Waals surface area (Å²) in [5.74, 6) is -7.22. The summed E-state index contributed by atoms with van der Waals surface area (Å²) in [6.45, 7) is 0. The molecule has 0 spiro atoms. The lowest BCUT2D eigenvalue weighted by molar-refractivity contribution is -0.249. The zero-order chi connectivity index (χ0) is 24.0. The summed E-state index contributed by atoms with van der Waals surface area (Å²) < 4.78 is 95.0. The second-order valence-electron chi connectivity index (χ2n) is 7.21. The molecule has 0 amide bonds. The molecule has 0 aliphatic carbocycles. The summed E-state index contributed by atoms with van der Waals surface area (Å²) in [5, 5.41) is 4.25. The van der Waals surface area contributed by atoms with Crippen LogP contribution in [0.2, 0.25) is 0 Å². The number of alkyl halides is 5. The summed E-state index contributed by atoms with van der Waals surface area (Å²) in [5.41, 5.74) is -0.978. The van der Waals surface area contributed by atoms with E-state index < -0.39 is 47.6 Å². The van der Waals surface area contributed by atoms with E-state index in [2.05, 4.69) is 5.10 Å². The molecular formula is C22H15F7N2S2. The van der Waals surface area contributed by atoms with E-state index in [1.807, 2.05) is 30.5 Å². The van der Waals surface area contributed by atoms with E-state index in [4.69, 9.17) is 0 Å². The lowest BCUT2D eigenvalue weighted by Gasteiger charge is -2.23. The van der Waals surface area contributed by atoms with Crippen molar-refractivity contribution in [3.05, 3.63) is 71.1 Å². The molecule has 1 aliphatic heterocycles. The average Bonchev–Trinajstić information content (AvgIpc) is 3.41. The van der Waals surface area contributed by atoms with Gasteiger partial charge in [-0.3, -0.25) is 5.01 Å². The van der Waals surface area contributed by atoms with Crippen molar-refractivity contribution in [2.24, 2.45) is 5.10 Å². The van der Waals surface area contributed by atoms with Crippen molar-refractivity contribution in [1.29, 1.82) is 0 Å². The van der Waals surface area contributed by atoms with Gasteiger partial charge in [-0.15, -0.1) is 23.1 Å². The molecule has 2 heterocycles. The van der Waals surface area contributed by atoms with Crippen molar-refractivity contribution in [2.75, 3.05) is 11.3 Å². The Bertz CT molecular complexity index is 1200. The highest BCUT2D eigenvalue weighted by Gasteiger charge is 2.63. The molecule has 1 unspecified atom stereocenters. The van der Waals surface area contributed by atoms with Gasteiger partial charge in [-0.05, 0) is 48.2 Å². The van der Waals surface area contributed by atoms with Crippen LogP contribution in [0.5, 0.6) is 0 Å². The van der Waals surface area contributed by atoms with Crippen molar-refractivity contribution >= 4 is 34.5 Å². The van der Waals surface area contributed by atoms with Crippen LogP contribution >= 0.6 is 23.1 Å². The van der Waals surface area contributed by atoms with Crippen LogP contribution in [-0.4, -0.2) is 24.1 Å². The molecule has 1 aromatic heterocycles. The molecular weight excluding hydrogens is 489 g/mol. The monoisotopic (exact) mass is 504 g/mol. The molecule has 2 nitrogen and oxygen atoms in total. The number of hydrogen-bond donors (Lipinski definition) is 0. The van der Waals surface area contributed by atoms with E-state index in [0.717, 1.165) is 32.5 Å². The second kappa shape index (κ2) is 8.68. The largest absolute Gasteiger partial charge is 0.459 e. The first-order chi connectivity index (χ1) is 15.5. The van der Waals surface area contributed by atoms with Gasteiger partial charge in [0.1, 0.15) is 11.5 Å². The molecule has 0 radical (unpaired) electrons. The Morgan fingerprint density at radius 1 is 1.00 bits per heavy atom. The van der Waals surface area contributed by atoms with Crippen molar-refractivity contribution < 1.29 is 30.7 Å². The fraction of sp³-hybridized carbons (Fsp3) is 0.227. The third-order valence-electron chi connectivity index (χ3n) is 5.09. The number of anilines is 1. The van der Waals surface area contributed by atoms with E-state index in [1.165, 1.54) is 23.1 Å². The Kier molecular flexibility index (Phi) is 6.21. The highest BCUT2D eigenvalue weighted by Crippen LogP contribution is 2.47. The highest BCUT2D eigenvalue weighted by molar-refractivity contribution is 7.98. The van der Waals surface area contributed by atoms with Crippen LogP contribution < -0.4 is 5.01 Å². The van der Waals surface area contributed by atoms with Crippen molar-refractivity contribution in [2.45, 2.75) is 29.5 Å². The summed E-state index contributed by atoms with van der Waals surface area (Å²) in [4.78, 5) is 2.17. The first-order valence-corrected chi connectivity index (χ1v) is 11.6. The predicted octanol–water partition coefficient (Wildman–Crippen LogP) is 7.92. The standard InChI is InChI=1S/C22H15F7N2S2/c1-32-14-4-2-3-12(9-14)18-7-8-19(33-18)17-11-20(21(25,26)22(27,28)29)30-31(17)16-6-5-13(23)10-15(16)24/h2-10,17H,11H2,1H3. The quantitative estimate of drug-likeness (QED) is 0.259. The molecule has 11 heteroatoms. The van der Waals surface area contributed by atoms with Gasteiger partial charge in [-0.2, -0.15) is 27.1 Å². The van der Waals surface area contributed by atoms with Crippen LogP contribution in [0.1, 0.15) is 17.3 Å². The average molecular weight is 504 g/mol. The van der Waals surface area contributed by atoms with Crippen molar-refractivity contribution in [3.63, 3.8) is 0 Å². The smallest absolute Gasteiger partial charge is 0.254 e. The zero-order valence-corrected chi connectivity index (χ0v) is 18.5. The van der Waals surface area contributed by atoms with Crippen LogP contribution in [0.4, 0.5) is 36.4 Å². The number of thioether (sulfide) groups is 1. The maximum atomic E-state index is 14.4. The van der Waals surface area contributed by atoms with E-state index in [1.54, 1.807) is 12.1 Å². The van der Waals surface area contributed by atoms with Gasteiger partial charge in [0.25, 0.3) is 0 Å². The molecule has 4 rings (SSSR count). The van der Waals surface area contributed by atoms with Gasteiger partial charge < -0.3 is 0 Å². The van der Waals surface area contributed by atoms with Gasteiger partial charge in [0.15, 0.2) is 5.82 Å². The SMILES string of the molecule is CSc1cccc(-c2ccc(C3CC(C(F)(F)C(F)(F)F)=NN3c3ccc(F)cc3F)s2)c1. The maximum absolute atomic E-state index is 14.4. The third kappa shape index (κ3) is 4.48. The molecule has 2 aromatic carbocycles. The molecule has 0 fully saturated rings. The zero-order valence-electron chi connectivity index (χ0n) is 16.8. The number of thiophene rings is 1.